The summed E-state index contributed by atoms with van der Waals surface area (Å²) in [7, 11) is 0. The molecular weight excluding hydrogens is 178 g/mol. The summed E-state index contributed by atoms with van der Waals surface area (Å²) < 4.78 is 2.34. The van der Waals surface area contributed by atoms with E-state index in [1.807, 2.05) is 11.8 Å². The van der Waals surface area contributed by atoms with Crippen molar-refractivity contribution in [2.24, 2.45) is 0 Å². The summed E-state index contributed by atoms with van der Waals surface area (Å²) in [5, 5.41) is 2.70. The molecule has 1 aromatic heterocycles. The predicted octanol–water partition coefficient (Wildman–Crippen LogP) is 2.33. The molecule has 0 unspecified atom stereocenters. The van der Waals surface area contributed by atoms with Gasteiger partial charge in [0.15, 0.2) is 17.8 Å². The molecule has 0 N–H and O–H groups in total. The molecule has 0 bridgehead atoms. The van der Waals surface area contributed by atoms with Gasteiger partial charge < -0.3 is 0 Å². The van der Waals surface area contributed by atoms with Crippen LogP contribution in [0.15, 0.2) is 36.5 Å². The van der Waals surface area contributed by atoms with E-state index < -0.39 is 0 Å². The van der Waals surface area contributed by atoms with E-state index in [4.69, 9.17) is 0 Å². The minimum atomic E-state index is 1.11. The van der Waals surface area contributed by atoms with Gasteiger partial charge in [-0.25, -0.2) is 0 Å². The highest BCUT2D eigenvalue weighted by Gasteiger charge is 2.18. The molecule has 13 heavy (non-hydrogen) atoms. The second kappa shape index (κ2) is 2.74. The molecule has 0 aliphatic carbocycles. The number of fused-ring (bicyclic) bond motifs is 2. The normalized spacial score (nSPS) is 14.8. The van der Waals surface area contributed by atoms with Crippen LogP contribution in [0.2, 0.25) is 0 Å². The summed E-state index contributed by atoms with van der Waals surface area (Å²) in [5.41, 5.74) is 1.45. The maximum atomic E-state index is 2.34. The predicted molar refractivity (Wildman–Crippen MR) is 55.4 cm³/mol. The van der Waals surface area contributed by atoms with Crippen molar-refractivity contribution in [2.75, 3.05) is 0 Å². The van der Waals surface area contributed by atoms with Gasteiger partial charge in [0.25, 0.3) is 0 Å². The number of hydrogen-bond acceptors (Lipinski definition) is 1. The fraction of sp³-hybridized carbons (Fsp3) is 0.182. The Bertz CT molecular complexity index is 422. The zero-order valence-corrected chi connectivity index (χ0v) is 8.05. The molecule has 0 saturated carbocycles. The number of pyridine rings is 1. The van der Waals surface area contributed by atoms with Gasteiger partial charge in [-0.3, -0.25) is 0 Å². The van der Waals surface area contributed by atoms with Gasteiger partial charge in [0.2, 0.25) is 0 Å². The van der Waals surface area contributed by atoms with E-state index in [0.717, 1.165) is 11.6 Å². The number of nitrogens with zero attached hydrogens (tertiary/aromatic N) is 1. The smallest absolute Gasteiger partial charge is 0.191 e. The monoisotopic (exact) mass is 188 g/mol. The lowest BCUT2D eigenvalue weighted by Gasteiger charge is -1.96. The first-order valence-corrected chi connectivity index (χ1v) is 5.58. The summed E-state index contributed by atoms with van der Waals surface area (Å²) in [5.74, 6) is 2.27. The SMILES string of the molecule is c1ccc2c[n+]3c(cc2c1)CSC3. The topological polar surface area (TPSA) is 3.88 Å². The Labute approximate surface area is 81.4 Å². The Morgan fingerprint density at radius 3 is 2.92 bits per heavy atom. The molecule has 2 heterocycles. The first-order chi connectivity index (χ1) is 6.43. The second-order valence-corrected chi connectivity index (χ2v) is 4.30. The minimum Gasteiger partial charge on any atom is -0.191 e. The lowest BCUT2D eigenvalue weighted by Crippen LogP contribution is -2.31. The molecule has 0 amide bonds. The van der Waals surface area contributed by atoms with Crippen molar-refractivity contribution in [3.05, 3.63) is 42.2 Å². The molecule has 1 aliphatic heterocycles. The van der Waals surface area contributed by atoms with E-state index in [1.54, 1.807) is 0 Å². The molecule has 64 valence electrons. The van der Waals surface area contributed by atoms with E-state index in [9.17, 15) is 0 Å². The average Bonchev–Trinajstić information content (AvgIpc) is 2.61. The zero-order chi connectivity index (χ0) is 8.67. The van der Waals surface area contributed by atoms with Crippen molar-refractivity contribution in [3.63, 3.8) is 0 Å². The number of aromatic nitrogens is 1. The van der Waals surface area contributed by atoms with Gasteiger partial charge in [-0.15, -0.1) is 0 Å². The maximum Gasteiger partial charge on any atom is 0.195 e. The third-order valence-corrected chi connectivity index (χ3v) is 3.42. The first-order valence-electron chi connectivity index (χ1n) is 4.42. The van der Waals surface area contributed by atoms with E-state index in [-0.39, 0.29) is 0 Å². The number of thioether (sulfide) groups is 1. The first kappa shape index (κ1) is 7.39. The number of benzene rings is 1. The van der Waals surface area contributed by atoms with Crippen molar-refractivity contribution in [2.45, 2.75) is 11.6 Å². The van der Waals surface area contributed by atoms with Gasteiger partial charge >= 0.3 is 0 Å². The Kier molecular flexibility index (Phi) is 1.56. The summed E-state index contributed by atoms with van der Waals surface area (Å²) in [6.07, 6.45) is 2.25. The van der Waals surface area contributed by atoms with Crippen molar-refractivity contribution >= 4 is 22.5 Å². The molecule has 0 fully saturated rings. The van der Waals surface area contributed by atoms with Crippen LogP contribution in [-0.2, 0) is 11.6 Å². The molecule has 0 radical (unpaired) electrons. The Morgan fingerprint density at radius 2 is 2.00 bits per heavy atom. The Hall–Kier alpha value is -1.02. The largest absolute Gasteiger partial charge is 0.195 e. The van der Waals surface area contributed by atoms with Gasteiger partial charge in [-0.05, 0) is 11.5 Å². The van der Waals surface area contributed by atoms with Gasteiger partial charge in [0, 0.05) is 11.5 Å². The summed E-state index contributed by atoms with van der Waals surface area (Å²) in [6, 6.07) is 10.8. The summed E-state index contributed by atoms with van der Waals surface area (Å²) in [6.45, 7) is 0. The molecule has 1 aromatic carbocycles. The van der Waals surface area contributed by atoms with Crippen LogP contribution < -0.4 is 4.57 Å². The summed E-state index contributed by atoms with van der Waals surface area (Å²) in [4.78, 5) is 0. The highest BCUT2D eigenvalue weighted by Crippen LogP contribution is 2.20. The van der Waals surface area contributed by atoms with Crippen LogP contribution >= 0.6 is 11.8 Å². The molecule has 0 spiro atoms. The average molecular weight is 188 g/mol. The molecule has 2 aromatic rings. The summed E-state index contributed by atoms with van der Waals surface area (Å²) >= 11 is 1.98. The molecule has 1 aliphatic rings. The van der Waals surface area contributed by atoms with E-state index in [1.165, 1.54) is 16.5 Å². The fourth-order valence-corrected chi connectivity index (χ4v) is 2.75. The standard InChI is InChI=1S/C11H10NS/c1-2-4-10-6-12-8-13-7-11(12)5-9(10)3-1/h1-6H,7-8H2/q+1. The maximum absolute atomic E-state index is 2.34. The van der Waals surface area contributed by atoms with Gasteiger partial charge in [-0.2, -0.15) is 4.57 Å². The van der Waals surface area contributed by atoms with Crippen molar-refractivity contribution in [1.82, 2.24) is 0 Å². The third kappa shape index (κ3) is 1.13. The van der Waals surface area contributed by atoms with Crippen LogP contribution in [0, 0.1) is 0 Å². The minimum absolute atomic E-state index is 1.11. The Morgan fingerprint density at radius 1 is 1.15 bits per heavy atom. The van der Waals surface area contributed by atoms with Crippen LogP contribution in [0.5, 0.6) is 0 Å². The van der Waals surface area contributed by atoms with E-state index in [2.05, 4.69) is 41.1 Å². The zero-order valence-electron chi connectivity index (χ0n) is 7.23. The van der Waals surface area contributed by atoms with Gasteiger partial charge in [0.1, 0.15) is 0 Å². The second-order valence-electron chi connectivity index (χ2n) is 3.34. The molecular formula is C11H10NS+. The van der Waals surface area contributed by atoms with Crippen molar-refractivity contribution in [1.29, 1.82) is 0 Å². The van der Waals surface area contributed by atoms with Crippen molar-refractivity contribution < 1.29 is 4.57 Å². The van der Waals surface area contributed by atoms with Crippen LogP contribution in [-0.4, -0.2) is 0 Å². The Balaban J connectivity index is 2.36. The quantitative estimate of drug-likeness (QED) is 0.574. The van der Waals surface area contributed by atoms with Gasteiger partial charge in [-0.1, -0.05) is 30.0 Å². The fourth-order valence-electron chi connectivity index (χ4n) is 1.77. The molecule has 3 rings (SSSR count). The number of rotatable bonds is 0. The highest BCUT2D eigenvalue weighted by molar-refractivity contribution is 7.97. The molecule has 0 atom stereocenters. The lowest BCUT2D eigenvalue weighted by atomic mass is 10.1. The molecule has 0 saturated heterocycles. The van der Waals surface area contributed by atoms with Gasteiger partial charge in [0.05, 0.1) is 5.75 Å². The molecule has 1 nitrogen and oxygen atoms in total. The highest BCUT2D eigenvalue weighted by atomic mass is 32.2. The third-order valence-electron chi connectivity index (χ3n) is 2.46. The number of hydrogen-bond donors (Lipinski definition) is 0. The molecule has 2 heteroatoms. The van der Waals surface area contributed by atoms with Crippen LogP contribution in [0.25, 0.3) is 10.8 Å². The van der Waals surface area contributed by atoms with E-state index in [0.29, 0.717) is 0 Å². The van der Waals surface area contributed by atoms with E-state index >= 15 is 0 Å². The van der Waals surface area contributed by atoms with Crippen LogP contribution in [0.1, 0.15) is 5.69 Å². The van der Waals surface area contributed by atoms with Crippen LogP contribution in [0.4, 0.5) is 0 Å². The van der Waals surface area contributed by atoms with Crippen LogP contribution in [0.3, 0.4) is 0 Å². The van der Waals surface area contributed by atoms with Crippen molar-refractivity contribution in [3.8, 4) is 0 Å². The lowest BCUT2D eigenvalue weighted by molar-refractivity contribution is -0.676.